The van der Waals surface area contributed by atoms with Gasteiger partial charge in [-0.2, -0.15) is 0 Å². The number of nitrogens with two attached hydrogens (primary N) is 1. The average molecular weight is 341 g/mol. The third-order valence-corrected chi connectivity index (χ3v) is 3.29. The zero-order chi connectivity index (χ0) is 13.8. The van der Waals surface area contributed by atoms with E-state index < -0.39 is 5.91 Å². The van der Waals surface area contributed by atoms with Crippen molar-refractivity contribution in [3.05, 3.63) is 63.1 Å². The van der Waals surface area contributed by atoms with Gasteiger partial charge in [-0.05, 0) is 35.9 Å². The summed E-state index contributed by atoms with van der Waals surface area (Å²) in [5.41, 5.74) is 6.55. The maximum atomic E-state index is 11.0. The minimum absolute atomic E-state index is 0.361. The van der Waals surface area contributed by atoms with Crippen LogP contribution in [-0.4, -0.2) is 5.91 Å². The smallest absolute Gasteiger partial charge is 0.248 e. The number of hydrogen-bond acceptors (Lipinski definition) is 2. The van der Waals surface area contributed by atoms with Gasteiger partial charge in [0, 0.05) is 10.0 Å². The van der Waals surface area contributed by atoms with Gasteiger partial charge >= 0.3 is 0 Å². The van der Waals surface area contributed by atoms with E-state index in [4.69, 9.17) is 22.1 Å². The van der Waals surface area contributed by atoms with Crippen LogP contribution in [-0.2, 0) is 6.61 Å². The third kappa shape index (κ3) is 3.72. The Balaban J connectivity index is 2.10. The lowest BCUT2D eigenvalue weighted by Gasteiger charge is -2.09. The van der Waals surface area contributed by atoms with E-state index in [-0.39, 0.29) is 0 Å². The second-order valence-electron chi connectivity index (χ2n) is 3.93. The zero-order valence-electron chi connectivity index (χ0n) is 9.90. The van der Waals surface area contributed by atoms with Crippen LogP contribution in [0, 0.1) is 0 Å². The molecule has 0 saturated heterocycles. The highest BCUT2D eigenvalue weighted by molar-refractivity contribution is 9.10. The number of benzene rings is 2. The molecule has 19 heavy (non-hydrogen) atoms. The molecule has 0 aromatic heterocycles. The standard InChI is InChI=1S/C14H11BrClNO2/c15-11-3-1-2-9(6-11)8-19-13-5-4-10(14(17)18)7-12(13)16/h1-7H,8H2,(H2,17,18). The molecule has 0 spiro atoms. The van der Waals surface area contributed by atoms with E-state index in [1.54, 1.807) is 12.1 Å². The zero-order valence-corrected chi connectivity index (χ0v) is 12.2. The predicted octanol–water partition coefficient (Wildman–Crippen LogP) is 3.78. The number of amides is 1. The molecule has 2 aromatic rings. The highest BCUT2D eigenvalue weighted by Gasteiger charge is 2.06. The Hall–Kier alpha value is -1.52. The summed E-state index contributed by atoms with van der Waals surface area (Å²) in [4.78, 5) is 11.0. The molecule has 0 unspecified atom stereocenters. The molecule has 0 bridgehead atoms. The molecule has 0 aliphatic heterocycles. The van der Waals surface area contributed by atoms with E-state index in [1.165, 1.54) is 6.07 Å². The van der Waals surface area contributed by atoms with Gasteiger partial charge in [0.2, 0.25) is 5.91 Å². The first-order chi connectivity index (χ1) is 9.06. The number of rotatable bonds is 4. The number of carbonyl (C=O) groups is 1. The number of carbonyl (C=O) groups excluding carboxylic acids is 1. The quantitative estimate of drug-likeness (QED) is 0.921. The Bertz CT molecular complexity index is 616. The highest BCUT2D eigenvalue weighted by Crippen LogP contribution is 2.26. The molecule has 0 fully saturated rings. The Morgan fingerprint density at radius 1 is 1.26 bits per heavy atom. The fraction of sp³-hybridized carbons (Fsp3) is 0.0714. The molecule has 5 heteroatoms. The molecular formula is C14H11BrClNO2. The van der Waals surface area contributed by atoms with Gasteiger partial charge in [-0.25, -0.2) is 0 Å². The summed E-state index contributed by atoms with van der Waals surface area (Å²) >= 11 is 9.42. The first-order valence-electron chi connectivity index (χ1n) is 5.53. The van der Waals surface area contributed by atoms with Crippen molar-refractivity contribution in [1.29, 1.82) is 0 Å². The van der Waals surface area contributed by atoms with Crippen LogP contribution in [0.2, 0.25) is 5.02 Å². The lowest BCUT2D eigenvalue weighted by atomic mass is 10.2. The molecule has 0 aliphatic carbocycles. The van der Waals surface area contributed by atoms with Crippen LogP contribution in [0.1, 0.15) is 15.9 Å². The van der Waals surface area contributed by atoms with Crippen molar-refractivity contribution in [2.75, 3.05) is 0 Å². The number of ether oxygens (including phenoxy) is 1. The first-order valence-corrected chi connectivity index (χ1v) is 6.70. The van der Waals surface area contributed by atoms with Crippen molar-refractivity contribution in [3.8, 4) is 5.75 Å². The summed E-state index contributed by atoms with van der Waals surface area (Å²) in [6, 6.07) is 12.5. The molecular weight excluding hydrogens is 330 g/mol. The van der Waals surface area contributed by atoms with Crippen molar-refractivity contribution >= 4 is 33.4 Å². The number of primary amides is 1. The second-order valence-corrected chi connectivity index (χ2v) is 5.25. The lowest BCUT2D eigenvalue weighted by molar-refractivity contribution is 0.100. The van der Waals surface area contributed by atoms with Gasteiger partial charge in [0.05, 0.1) is 5.02 Å². The fourth-order valence-corrected chi connectivity index (χ4v) is 2.24. The van der Waals surface area contributed by atoms with E-state index in [2.05, 4.69) is 15.9 Å². The van der Waals surface area contributed by atoms with Crippen LogP contribution in [0.5, 0.6) is 5.75 Å². The van der Waals surface area contributed by atoms with Gasteiger partial charge in [-0.1, -0.05) is 39.7 Å². The average Bonchev–Trinajstić information content (AvgIpc) is 2.37. The van der Waals surface area contributed by atoms with E-state index in [1.807, 2.05) is 24.3 Å². The van der Waals surface area contributed by atoms with Crippen LogP contribution in [0.15, 0.2) is 46.9 Å². The Kier molecular flexibility index (Phi) is 4.45. The van der Waals surface area contributed by atoms with Gasteiger partial charge in [0.25, 0.3) is 0 Å². The van der Waals surface area contributed by atoms with Crippen LogP contribution >= 0.6 is 27.5 Å². The number of hydrogen-bond donors (Lipinski definition) is 1. The van der Waals surface area contributed by atoms with Crippen molar-refractivity contribution in [2.45, 2.75) is 6.61 Å². The summed E-state index contributed by atoms with van der Waals surface area (Å²) in [5.74, 6) is 0.00656. The molecule has 0 atom stereocenters. The summed E-state index contributed by atoms with van der Waals surface area (Å²) < 4.78 is 6.60. The summed E-state index contributed by atoms with van der Waals surface area (Å²) in [6.07, 6.45) is 0. The van der Waals surface area contributed by atoms with Gasteiger partial charge in [0.1, 0.15) is 12.4 Å². The van der Waals surface area contributed by atoms with Crippen molar-refractivity contribution < 1.29 is 9.53 Å². The lowest BCUT2D eigenvalue weighted by Crippen LogP contribution is -2.10. The summed E-state index contributed by atoms with van der Waals surface area (Å²) in [6.45, 7) is 0.398. The normalized spacial score (nSPS) is 10.2. The molecule has 0 aliphatic rings. The van der Waals surface area contributed by atoms with E-state index in [0.717, 1.165) is 10.0 Å². The predicted molar refractivity (Wildman–Crippen MR) is 78.4 cm³/mol. The summed E-state index contributed by atoms with van der Waals surface area (Å²) in [7, 11) is 0. The van der Waals surface area contributed by atoms with Gasteiger partial charge in [-0.3, -0.25) is 4.79 Å². The maximum absolute atomic E-state index is 11.0. The molecule has 2 aromatic carbocycles. The molecule has 1 amide bonds. The summed E-state index contributed by atoms with van der Waals surface area (Å²) in [5, 5.41) is 0.367. The minimum atomic E-state index is -0.513. The van der Waals surface area contributed by atoms with E-state index >= 15 is 0 Å². The molecule has 98 valence electrons. The van der Waals surface area contributed by atoms with Crippen molar-refractivity contribution in [2.24, 2.45) is 5.73 Å². The van der Waals surface area contributed by atoms with E-state index in [0.29, 0.717) is 22.9 Å². The molecule has 0 radical (unpaired) electrons. The molecule has 2 rings (SSSR count). The monoisotopic (exact) mass is 339 g/mol. The van der Waals surface area contributed by atoms with Gasteiger partial charge < -0.3 is 10.5 Å². The topological polar surface area (TPSA) is 52.3 Å². The molecule has 3 nitrogen and oxygen atoms in total. The Labute approximate surface area is 124 Å². The fourth-order valence-electron chi connectivity index (χ4n) is 1.56. The largest absolute Gasteiger partial charge is 0.487 e. The second kappa shape index (κ2) is 6.08. The minimum Gasteiger partial charge on any atom is -0.487 e. The van der Waals surface area contributed by atoms with Crippen LogP contribution in [0.3, 0.4) is 0 Å². The SMILES string of the molecule is NC(=O)c1ccc(OCc2cccc(Br)c2)c(Cl)c1. The van der Waals surface area contributed by atoms with Crippen LogP contribution in [0.25, 0.3) is 0 Å². The highest BCUT2D eigenvalue weighted by atomic mass is 79.9. The number of halogens is 2. The third-order valence-electron chi connectivity index (χ3n) is 2.50. The van der Waals surface area contributed by atoms with Crippen molar-refractivity contribution in [1.82, 2.24) is 0 Å². The molecule has 0 heterocycles. The Morgan fingerprint density at radius 2 is 2.05 bits per heavy atom. The molecule has 0 saturated carbocycles. The first kappa shape index (κ1) is 13.9. The van der Waals surface area contributed by atoms with Crippen molar-refractivity contribution in [3.63, 3.8) is 0 Å². The molecule has 2 N–H and O–H groups in total. The van der Waals surface area contributed by atoms with Crippen LogP contribution < -0.4 is 10.5 Å². The van der Waals surface area contributed by atoms with Crippen LogP contribution in [0.4, 0.5) is 0 Å². The van der Waals surface area contributed by atoms with E-state index in [9.17, 15) is 4.79 Å². The Morgan fingerprint density at radius 3 is 2.68 bits per heavy atom. The van der Waals surface area contributed by atoms with Gasteiger partial charge in [0.15, 0.2) is 0 Å². The van der Waals surface area contributed by atoms with Gasteiger partial charge in [-0.15, -0.1) is 0 Å². The maximum Gasteiger partial charge on any atom is 0.248 e.